The number of amides is 1. The van der Waals surface area contributed by atoms with Crippen LogP contribution in [0.15, 0.2) is 35.5 Å². The van der Waals surface area contributed by atoms with Crippen LogP contribution in [0.3, 0.4) is 0 Å². The number of rotatable bonds is 5. The number of carbonyl (C=O) groups excluding carboxylic acids is 1. The zero-order valence-corrected chi connectivity index (χ0v) is 19.3. The lowest BCUT2D eigenvalue weighted by molar-refractivity contribution is -0.0501. The van der Waals surface area contributed by atoms with Crippen LogP contribution in [0.4, 0.5) is 18.9 Å². The second kappa shape index (κ2) is 8.26. The maximum absolute atomic E-state index is 14.8. The summed E-state index contributed by atoms with van der Waals surface area (Å²) in [4.78, 5) is 21.0. The molecular formula is C22H23F3N4O4S. The number of aryl methyl sites for hydroxylation is 1. The van der Waals surface area contributed by atoms with Gasteiger partial charge in [0.05, 0.1) is 11.9 Å². The monoisotopic (exact) mass is 496 g/mol. The van der Waals surface area contributed by atoms with Gasteiger partial charge in [0.2, 0.25) is 0 Å². The van der Waals surface area contributed by atoms with E-state index < -0.39 is 44.2 Å². The number of ether oxygens (including phenoxy) is 1. The molecule has 2 heterocycles. The van der Waals surface area contributed by atoms with Gasteiger partial charge in [-0.3, -0.25) is 9.79 Å². The Hall–Kier alpha value is -3.15. The van der Waals surface area contributed by atoms with Gasteiger partial charge in [0.15, 0.2) is 9.84 Å². The number of alkyl halides is 2. The average molecular weight is 497 g/mol. The Morgan fingerprint density at radius 2 is 1.97 bits per heavy atom. The minimum atomic E-state index is -3.69. The number of pyridine rings is 1. The van der Waals surface area contributed by atoms with Crippen molar-refractivity contribution in [2.75, 3.05) is 11.1 Å². The van der Waals surface area contributed by atoms with Crippen LogP contribution >= 0.6 is 0 Å². The van der Waals surface area contributed by atoms with Gasteiger partial charge in [-0.2, -0.15) is 8.78 Å². The number of nitrogens with zero attached hydrogens (tertiary/aromatic N) is 2. The second-order valence-corrected chi connectivity index (χ2v) is 11.0. The second-order valence-electron chi connectivity index (χ2n) is 8.74. The van der Waals surface area contributed by atoms with Crippen LogP contribution in [0.5, 0.6) is 5.75 Å². The van der Waals surface area contributed by atoms with Gasteiger partial charge >= 0.3 is 6.61 Å². The number of nitrogens with one attached hydrogen (secondary N) is 1. The van der Waals surface area contributed by atoms with E-state index in [1.54, 1.807) is 0 Å². The summed E-state index contributed by atoms with van der Waals surface area (Å²) in [5.41, 5.74) is 4.98. The molecule has 2 aromatic rings. The summed E-state index contributed by atoms with van der Waals surface area (Å²) in [6.07, 6.45) is 2.51. The SMILES string of the molecule is Cc1cc(OC(F)F)cnc1C(=O)Nc1ccc(F)c([C@]2(C)CS(=O)(=O)C3(CCC3)C(N)=N2)c1. The minimum Gasteiger partial charge on any atom is -0.433 e. The number of anilines is 1. The Balaban J connectivity index is 1.63. The summed E-state index contributed by atoms with van der Waals surface area (Å²) in [5, 5.41) is 2.57. The van der Waals surface area contributed by atoms with Gasteiger partial charge in [-0.25, -0.2) is 17.8 Å². The van der Waals surface area contributed by atoms with Gasteiger partial charge in [-0.15, -0.1) is 0 Å². The molecular weight excluding hydrogens is 473 g/mol. The molecule has 0 bridgehead atoms. The zero-order chi connectivity index (χ0) is 24.9. The number of amidine groups is 1. The number of aliphatic imine (C=N–C) groups is 1. The van der Waals surface area contributed by atoms with Gasteiger partial charge < -0.3 is 15.8 Å². The van der Waals surface area contributed by atoms with Crippen molar-refractivity contribution < 1.29 is 31.1 Å². The van der Waals surface area contributed by atoms with Crippen molar-refractivity contribution >= 4 is 27.3 Å². The third-order valence-electron chi connectivity index (χ3n) is 6.36. The minimum absolute atomic E-state index is 0.0210. The largest absolute Gasteiger partial charge is 0.433 e. The molecule has 0 unspecified atom stereocenters. The lowest BCUT2D eigenvalue weighted by Gasteiger charge is -2.46. The van der Waals surface area contributed by atoms with E-state index in [1.165, 1.54) is 32.0 Å². The van der Waals surface area contributed by atoms with E-state index in [0.29, 0.717) is 12.8 Å². The van der Waals surface area contributed by atoms with Crippen molar-refractivity contribution in [2.45, 2.75) is 50.0 Å². The number of halogens is 3. The maximum Gasteiger partial charge on any atom is 0.387 e. The van der Waals surface area contributed by atoms with Crippen LogP contribution in [-0.4, -0.2) is 42.3 Å². The Morgan fingerprint density at radius 3 is 2.53 bits per heavy atom. The molecule has 1 aliphatic heterocycles. The molecule has 1 amide bonds. The lowest BCUT2D eigenvalue weighted by atomic mass is 9.82. The van der Waals surface area contributed by atoms with E-state index >= 15 is 0 Å². The summed E-state index contributed by atoms with van der Waals surface area (Å²) >= 11 is 0. The van der Waals surface area contributed by atoms with E-state index in [-0.39, 0.29) is 34.1 Å². The highest BCUT2D eigenvalue weighted by molar-refractivity contribution is 7.93. The van der Waals surface area contributed by atoms with Crippen molar-refractivity contribution in [3.05, 3.63) is 53.1 Å². The Bertz CT molecular complexity index is 1300. The molecule has 12 heteroatoms. The summed E-state index contributed by atoms with van der Waals surface area (Å²) in [6, 6.07) is 4.96. The molecule has 1 spiro atoms. The topological polar surface area (TPSA) is 124 Å². The van der Waals surface area contributed by atoms with E-state index in [9.17, 15) is 26.4 Å². The predicted octanol–water partition coefficient (Wildman–Crippen LogP) is 3.31. The summed E-state index contributed by atoms with van der Waals surface area (Å²) in [7, 11) is -3.69. The predicted molar refractivity (Wildman–Crippen MR) is 119 cm³/mol. The highest BCUT2D eigenvalue weighted by Gasteiger charge is 2.58. The number of benzene rings is 1. The van der Waals surface area contributed by atoms with E-state index in [4.69, 9.17) is 5.73 Å². The van der Waals surface area contributed by atoms with E-state index in [0.717, 1.165) is 18.7 Å². The molecule has 1 aromatic carbocycles. The molecule has 0 saturated heterocycles. The molecule has 1 saturated carbocycles. The first kappa shape index (κ1) is 24.0. The first-order chi connectivity index (χ1) is 15.9. The Morgan fingerprint density at radius 1 is 1.26 bits per heavy atom. The maximum atomic E-state index is 14.8. The molecule has 34 heavy (non-hydrogen) atoms. The van der Waals surface area contributed by atoms with Gasteiger partial charge in [0, 0.05) is 11.3 Å². The first-order valence-corrected chi connectivity index (χ1v) is 12.1. The highest BCUT2D eigenvalue weighted by Crippen LogP contribution is 2.47. The summed E-state index contributed by atoms with van der Waals surface area (Å²) in [5.74, 6) is -2.00. The molecule has 182 valence electrons. The summed E-state index contributed by atoms with van der Waals surface area (Å²) in [6.45, 7) is -0.0438. The van der Waals surface area contributed by atoms with Crippen molar-refractivity contribution in [1.82, 2.24) is 4.98 Å². The van der Waals surface area contributed by atoms with Crippen LogP contribution in [-0.2, 0) is 15.4 Å². The van der Waals surface area contributed by atoms with Crippen LogP contribution in [0.25, 0.3) is 0 Å². The molecule has 1 fully saturated rings. The molecule has 1 atom stereocenters. The molecule has 1 aliphatic carbocycles. The van der Waals surface area contributed by atoms with Crippen molar-refractivity contribution in [2.24, 2.45) is 10.7 Å². The number of aromatic nitrogens is 1. The third-order valence-corrected chi connectivity index (χ3v) is 9.11. The van der Waals surface area contributed by atoms with Crippen LogP contribution in [0.1, 0.15) is 47.8 Å². The fraction of sp³-hybridized carbons (Fsp3) is 0.409. The Kier molecular flexibility index (Phi) is 5.83. The number of carbonyl (C=O) groups is 1. The fourth-order valence-corrected chi connectivity index (χ4v) is 6.94. The third kappa shape index (κ3) is 3.99. The normalized spacial score (nSPS) is 22.7. The van der Waals surface area contributed by atoms with Gasteiger partial charge in [-0.1, -0.05) is 0 Å². The molecule has 8 nitrogen and oxygen atoms in total. The van der Waals surface area contributed by atoms with Crippen LogP contribution < -0.4 is 15.8 Å². The molecule has 1 aromatic heterocycles. The number of nitrogens with two attached hydrogens (primary N) is 1. The van der Waals surface area contributed by atoms with Gasteiger partial charge in [0.1, 0.15) is 33.4 Å². The van der Waals surface area contributed by atoms with Crippen LogP contribution in [0.2, 0.25) is 0 Å². The van der Waals surface area contributed by atoms with E-state index in [1.807, 2.05) is 0 Å². The van der Waals surface area contributed by atoms with Crippen molar-refractivity contribution in [3.63, 3.8) is 0 Å². The van der Waals surface area contributed by atoms with Crippen LogP contribution in [0, 0.1) is 12.7 Å². The quantitative estimate of drug-likeness (QED) is 0.655. The first-order valence-electron chi connectivity index (χ1n) is 10.5. The van der Waals surface area contributed by atoms with Gasteiger partial charge in [0.25, 0.3) is 5.91 Å². The smallest absolute Gasteiger partial charge is 0.387 e. The number of hydrogen-bond donors (Lipinski definition) is 2. The Labute approximate surface area is 194 Å². The average Bonchev–Trinajstić information content (AvgIpc) is 2.66. The molecule has 3 N–H and O–H groups in total. The van der Waals surface area contributed by atoms with Crippen molar-refractivity contribution in [1.29, 1.82) is 0 Å². The fourth-order valence-electron chi connectivity index (χ4n) is 4.43. The van der Waals surface area contributed by atoms with Crippen molar-refractivity contribution in [3.8, 4) is 5.75 Å². The summed E-state index contributed by atoms with van der Waals surface area (Å²) < 4.78 is 68.8. The lowest BCUT2D eigenvalue weighted by Crippen LogP contribution is -2.61. The van der Waals surface area contributed by atoms with E-state index in [2.05, 4.69) is 20.0 Å². The standard InChI is InChI=1S/C22H23F3N4O4S/c1-12-8-14(33-20(24)25)10-27-17(12)18(30)28-13-4-5-16(23)15(9-13)21(2)11-34(31,32)22(6-3-7-22)19(26)29-21/h4-5,8-10,20H,3,6-7,11H2,1-2H3,(H2,26,29)(H,28,30)/t21-/m0/s1. The highest BCUT2D eigenvalue weighted by atomic mass is 32.2. The number of hydrogen-bond acceptors (Lipinski definition) is 7. The molecule has 4 rings (SSSR count). The zero-order valence-electron chi connectivity index (χ0n) is 18.4. The van der Waals surface area contributed by atoms with Gasteiger partial charge in [-0.05, 0) is 62.9 Å². The number of sulfone groups is 1. The molecule has 2 aliphatic rings. The molecule has 0 radical (unpaired) electrons.